The second-order valence-electron chi connectivity index (χ2n) is 7.07. The lowest BCUT2D eigenvalue weighted by Gasteiger charge is -2.16. The van der Waals surface area contributed by atoms with Crippen LogP contribution in [0.5, 0.6) is 0 Å². The molecule has 6 heteroatoms. The predicted molar refractivity (Wildman–Crippen MR) is 104 cm³/mol. The molecule has 2 aromatic carbocycles. The van der Waals surface area contributed by atoms with Crippen LogP contribution in [0.2, 0.25) is 0 Å². The van der Waals surface area contributed by atoms with Gasteiger partial charge in [0.1, 0.15) is 6.04 Å². The molecule has 2 aromatic rings. The molecule has 2 saturated heterocycles. The predicted octanol–water partition coefficient (Wildman–Crippen LogP) is 2.04. The number of hydrazine groups is 1. The van der Waals surface area contributed by atoms with Gasteiger partial charge >= 0.3 is 0 Å². The second kappa shape index (κ2) is 7.90. The summed E-state index contributed by atoms with van der Waals surface area (Å²) in [6, 6.07) is 17.8. The number of carbonyl (C=O) groups is 2. The maximum atomic E-state index is 12.4. The van der Waals surface area contributed by atoms with Crippen LogP contribution in [-0.2, 0) is 16.1 Å². The van der Waals surface area contributed by atoms with Crippen LogP contribution in [0.1, 0.15) is 36.4 Å². The molecule has 27 heavy (non-hydrogen) atoms. The molecule has 0 aromatic heterocycles. The highest BCUT2D eigenvalue weighted by molar-refractivity contribution is 5.95. The molecule has 2 amide bonds. The highest BCUT2D eigenvalue weighted by Crippen LogP contribution is 2.23. The van der Waals surface area contributed by atoms with Gasteiger partial charge in [-0.2, -0.15) is 0 Å². The smallest absolute Gasteiger partial charge is 0.238 e. The fraction of sp³-hybridized carbons (Fsp3) is 0.333. The van der Waals surface area contributed by atoms with Crippen molar-refractivity contribution in [3.05, 3.63) is 65.7 Å². The molecule has 0 aliphatic carbocycles. The Bertz CT molecular complexity index is 807. The van der Waals surface area contributed by atoms with Gasteiger partial charge in [-0.3, -0.25) is 9.59 Å². The quantitative estimate of drug-likeness (QED) is 0.759. The van der Waals surface area contributed by atoms with Gasteiger partial charge in [0.2, 0.25) is 11.8 Å². The minimum atomic E-state index is -0.253. The van der Waals surface area contributed by atoms with Gasteiger partial charge < -0.3 is 10.2 Å². The number of carbonyl (C=O) groups excluding carboxylic acids is 2. The third-order valence-electron chi connectivity index (χ3n) is 5.21. The summed E-state index contributed by atoms with van der Waals surface area (Å²) < 4.78 is 0. The van der Waals surface area contributed by atoms with Crippen molar-refractivity contribution in [2.45, 2.75) is 37.9 Å². The van der Waals surface area contributed by atoms with Crippen LogP contribution in [0.25, 0.3) is 0 Å². The molecule has 0 bridgehead atoms. The number of nitrogens with zero attached hydrogens (tertiary/aromatic N) is 1. The number of hydrogen-bond acceptors (Lipinski definition) is 4. The van der Waals surface area contributed by atoms with Crippen LogP contribution in [0.4, 0.5) is 5.69 Å². The second-order valence-corrected chi connectivity index (χ2v) is 7.07. The molecule has 2 unspecified atom stereocenters. The molecule has 0 saturated carbocycles. The summed E-state index contributed by atoms with van der Waals surface area (Å²) in [7, 11) is 0. The van der Waals surface area contributed by atoms with Gasteiger partial charge in [0, 0.05) is 31.2 Å². The summed E-state index contributed by atoms with van der Waals surface area (Å²) >= 11 is 0. The molecule has 4 rings (SSSR count). The lowest BCUT2D eigenvalue weighted by molar-refractivity contribution is -0.123. The zero-order chi connectivity index (χ0) is 18.6. The fourth-order valence-corrected chi connectivity index (χ4v) is 3.66. The Balaban J connectivity index is 1.29. The molecule has 2 heterocycles. The van der Waals surface area contributed by atoms with E-state index >= 15 is 0 Å². The minimum absolute atomic E-state index is 0.0141. The lowest BCUT2D eigenvalue weighted by atomic mass is 10.0. The van der Waals surface area contributed by atoms with Gasteiger partial charge in [0.05, 0.1) is 0 Å². The normalized spacial score (nSPS) is 22.2. The maximum Gasteiger partial charge on any atom is 0.238 e. The number of amides is 2. The largest absolute Gasteiger partial charge is 0.351 e. The Kier molecular flexibility index (Phi) is 5.18. The summed E-state index contributed by atoms with van der Waals surface area (Å²) in [4.78, 5) is 26.1. The molecule has 2 aliphatic heterocycles. The van der Waals surface area contributed by atoms with Crippen molar-refractivity contribution in [3.63, 3.8) is 0 Å². The highest BCUT2D eigenvalue weighted by Gasteiger charge is 2.29. The number of hydrogen-bond donors (Lipinski definition) is 3. The van der Waals surface area contributed by atoms with Crippen molar-refractivity contribution in [3.8, 4) is 0 Å². The summed E-state index contributed by atoms with van der Waals surface area (Å²) in [5, 5.41) is 2.99. The molecule has 2 aliphatic rings. The Hall–Kier alpha value is -2.70. The number of nitrogens with one attached hydrogen (secondary N) is 3. The van der Waals surface area contributed by atoms with E-state index in [1.807, 2.05) is 47.4 Å². The first-order valence-electron chi connectivity index (χ1n) is 9.44. The first kappa shape index (κ1) is 17.7. The van der Waals surface area contributed by atoms with Gasteiger partial charge in [-0.15, -0.1) is 0 Å². The third kappa shape index (κ3) is 4.02. The molecular weight excluding hydrogens is 340 g/mol. The monoisotopic (exact) mass is 364 g/mol. The van der Waals surface area contributed by atoms with E-state index in [9.17, 15) is 9.59 Å². The van der Waals surface area contributed by atoms with Crippen molar-refractivity contribution >= 4 is 17.5 Å². The van der Waals surface area contributed by atoms with Gasteiger partial charge in [-0.25, -0.2) is 10.9 Å². The number of benzene rings is 2. The van der Waals surface area contributed by atoms with Crippen LogP contribution in [0, 0.1) is 0 Å². The summed E-state index contributed by atoms with van der Waals surface area (Å²) in [5.41, 5.74) is 9.40. The fourth-order valence-electron chi connectivity index (χ4n) is 3.66. The van der Waals surface area contributed by atoms with Gasteiger partial charge in [0.25, 0.3) is 0 Å². The van der Waals surface area contributed by atoms with Gasteiger partial charge in [-0.05, 0) is 36.1 Å². The van der Waals surface area contributed by atoms with Crippen molar-refractivity contribution < 1.29 is 9.59 Å². The van der Waals surface area contributed by atoms with Gasteiger partial charge in [0.15, 0.2) is 0 Å². The molecule has 6 nitrogen and oxygen atoms in total. The lowest BCUT2D eigenvalue weighted by Crippen LogP contribution is -2.42. The van der Waals surface area contributed by atoms with E-state index in [-0.39, 0.29) is 23.9 Å². The van der Waals surface area contributed by atoms with Crippen molar-refractivity contribution in [2.75, 3.05) is 11.4 Å². The van der Waals surface area contributed by atoms with E-state index < -0.39 is 0 Å². The van der Waals surface area contributed by atoms with Crippen LogP contribution in [0.15, 0.2) is 54.6 Å². The zero-order valence-electron chi connectivity index (χ0n) is 15.2. The molecular formula is C21H24N4O2. The molecule has 140 valence electrons. The Labute approximate surface area is 158 Å². The molecule has 2 atom stereocenters. The van der Waals surface area contributed by atoms with Crippen LogP contribution in [-0.4, -0.2) is 24.4 Å². The van der Waals surface area contributed by atoms with Gasteiger partial charge in [-0.1, -0.05) is 42.5 Å². The van der Waals surface area contributed by atoms with Crippen LogP contribution >= 0.6 is 0 Å². The minimum Gasteiger partial charge on any atom is -0.351 e. The van der Waals surface area contributed by atoms with E-state index in [1.165, 1.54) is 5.56 Å². The molecule has 2 fully saturated rings. The first-order valence-corrected chi connectivity index (χ1v) is 9.44. The summed E-state index contributed by atoms with van der Waals surface area (Å²) in [5.74, 6) is 0.170. The van der Waals surface area contributed by atoms with E-state index in [0.29, 0.717) is 19.4 Å². The topological polar surface area (TPSA) is 73.5 Å². The average Bonchev–Trinajstić information content (AvgIpc) is 3.37. The number of rotatable bonds is 5. The molecule has 0 spiro atoms. The average molecular weight is 364 g/mol. The van der Waals surface area contributed by atoms with Crippen molar-refractivity contribution in [2.24, 2.45) is 0 Å². The van der Waals surface area contributed by atoms with E-state index in [2.05, 4.69) is 28.3 Å². The van der Waals surface area contributed by atoms with Crippen LogP contribution in [0.3, 0.4) is 0 Å². The third-order valence-corrected chi connectivity index (χ3v) is 5.21. The molecule has 0 radical (unpaired) electrons. The van der Waals surface area contributed by atoms with Crippen LogP contribution < -0.4 is 21.1 Å². The van der Waals surface area contributed by atoms with Crippen molar-refractivity contribution in [1.29, 1.82) is 0 Å². The maximum absolute atomic E-state index is 12.4. The molecule has 3 N–H and O–H groups in total. The summed E-state index contributed by atoms with van der Waals surface area (Å²) in [6.07, 6.45) is 2.26. The van der Waals surface area contributed by atoms with E-state index in [0.717, 1.165) is 24.2 Å². The van der Waals surface area contributed by atoms with Crippen molar-refractivity contribution in [1.82, 2.24) is 16.2 Å². The van der Waals surface area contributed by atoms with E-state index in [1.54, 1.807) is 0 Å². The Morgan fingerprint density at radius 1 is 1.07 bits per heavy atom. The first-order chi connectivity index (χ1) is 13.2. The summed E-state index contributed by atoms with van der Waals surface area (Å²) in [6.45, 7) is 1.26. The SMILES string of the molecule is O=C(NCc1ccc(N2CCCC2=O)cc1)C1CC(c2ccccc2)NN1. The number of anilines is 1. The highest BCUT2D eigenvalue weighted by atomic mass is 16.2. The standard InChI is InChI=1S/C21H24N4O2/c26-20-7-4-12-25(20)17-10-8-15(9-11-17)14-22-21(27)19-13-18(23-24-19)16-5-2-1-3-6-16/h1-3,5-6,8-11,18-19,23-24H,4,7,12-14H2,(H,22,27). The van der Waals surface area contributed by atoms with E-state index in [4.69, 9.17) is 0 Å². The Morgan fingerprint density at radius 3 is 2.56 bits per heavy atom. The zero-order valence-corrected chi connectivity index (χ0v) is 15.2. The Morgan fingerprint density at radius 2 is 1.85 bits per heavy atom.